The summed E-state index contributed by atoms with van der Waals surface area (Å²) in [5.41, 5.74) is 4.91. The molecule has 0 radical (unpaired) electrons. The van der Waals surface area contributed by atoms with E-state index in [-0.39, 0.29) is 35.4 Å². The maximum absolute atomic E-state index is 13.3. The van der Waals surface area contributed by atoms with E-state index in [1.54, 1.807) is 18.2 Å². The molecule has 0 saturated carbocycles. The molecule has 2 N–H and O–H groups in total. The minimum Gasteiger partial charge on any atom is -0.380 e. The van der Waals surface area contributed by atoms with Crippen molar-refractivity contribution in [3.8, 4) is 0 Å². The van der Waals surface area contributed by atoms with E-state index in [0.29, 0.717) is 12.2 Å². The summed E-state index contributed by atoms with van der Waals surface area (Å²) in [6.07, 6.45) is 0.230. The molecule has 1 atom stereocenters. The summed E-state index contributed by atoms with van der Waals surface area (Å²) in [5, 5.41) is 5.56. The molecule has 206 valence electrons. The highest BCUT2D eigenvalue weighted by Crippen LogP contribution is 2.32. The Kier molecular flexibility index (Phi) is 7.31. The lowest BCUT2D eigenvalue weighted by atomic mass is 10.0. The van der Waals surface area contributed by atoms with Gasteiger partial charge in [-0.1, -0.05) is 24.3 Å². The molecule has 9 nitrogen and oxygen atoms in total. The smallest absolute Gasteiger partial charge is 0.264 e. The molecular weight excluding hydrogens is 494 g/mol. The van der Waals surface area contributed by atoms with E-state index in [4.69, 9.17) is 0 Å². The number of carbonyl (C=O) groups excluding carboxylic acids is 4. The monoisotopic (exact) mass is 531 g/mol. The number of imide groups is 2. The minimum absolute atomic E-state index is 0.0946. The van der Waals surface area contributed by atoms with Crippen LogP contribution in [0.25, 0.3) is 0 Å². The van der Waals surface area contributed by atoms with Crippen molar-refractivity contribution < 1.29 is 19.2 Å². The standard InChI is InChI=1S/C30H37N5O4/c1-19-16-20(8-9-21(19)18-33-12-14-34(15-13-33)30(2,3)4)17-31-23-7-5-6-22-26(23)29(39)35(28(22)38)24-10-11-25(36)32-27(24)37/h5-9,16,24,31H,10-15,17-18H2,1-4H3,(H,32,36,37). The van der Waals surface area contributed by atoms with Gasteiger partial charge in [0.05, 0.1) is 11.1 Å². The number of benzene rings is 2. The fourth-order valence-electron chi connectivity index (χ4n) is 5.72. The molecule has 0 aliphatic carbocycles. The topological polar surface area (TPSA) is 102 Å². The number of hydrogen-bond acceptors (Lipinski definition) is 7. The van der Waals surface area contributed by atoms with Gasteiger partial charge in [-0.05, 0) is 62.9 Å². The van der Waals surface area contributed by atoms with E-state index in [1.165, 1.54) is 11.1 Å². The Balaban J connectivity index is 1.24. The summed E-state index contributed by atoms with van der Waals surface area (Å²) >= 11 is 0. The lowest BCUT2D eigenvalue weighted by Crippen LogP contribution is -2.54. The van der Waals surface area contributed by atoms with Crippen molar-refractivity contribution in [3.63, 3.8) is 0 Å². The van der Waals surface area contributed by atoms with Crippen molar-refractivity contribution in [1.29, 1.82) is 0 Å². The van der Waals surface area contributed by atoms with Crippen LogP contribution in [0.5, 0.6) is 0 Å². The molecule has 9 heteroatoms. The van der Waals surface area contributed by atoms with Crippen LogP contribution in [-0.2, 0) is 22.7 Å². The molecule has 3 heterocycles. The van der Waals surface area contributed by atoms with Crippen molar-refractivity contribution >= 4 is 29.3 Å². The van der Waals surface area contributed by atoms with Gasteiger partial charge in [0.2, 0.25) is 11.8 Å². The van der Waals surface area contributed by atoms with Gasteiger partial charge < -0.3 is 5.32 Å². The molecule has 2 aromatic rings. The number of anilines is 1. The molecular formula is C30H37N5O4. The first-order chi connectivity index (χ1) is 18.5. The molecule has 0 aromatic heterocycles. The second-order valence-electron chi connectivity index (χ2n) is 11.7. The zero-order valence-corrected chi connectivity index (χ0v) is 23.2. The highest BCUT2D eigenvalue weighted by molar-refractivity contribution is 6.25. The Morgan fingerprint density at radius 1 is 0.974 bits per heavy atom. The molecule has 5 rings (SSSR count). The fraction of sp³-hybridized carbons (Fsp3) is 0.467. The largest absolute Gasteiger partial charge is 0.380 e. The minimum atomic E-state index is -0.977. The number of fused-ring (bicyclic) bond motifs is 1. The molecule has 2 saturated heterocycles. The Hall–Kier alpha value is -3.56. The summed E-state index contributed by atoms with van der Waals surface area (Å²) in [7, 11) is 0. The number of aryl methyl sites for hydroxylation is 1. The van der Waals surface area contributed by atoms with Gasteiger partial charge in [-0.3, -0.25) is 39.2 Å². The van der Waals surface area contributed by atoms with Crippen molar-refractivity contribution in [1.82, 2.24) is 20.0 Å². The van der Waals surface area contributed by atoms with Crippen LogP contribution in [0.1, 0.15) is 71.0 Å². The average molecular weight is 532 g/mol. The van der Waals surface area contributed by atoms with Crippen LogP contribution in [0.15, 0.2) is 36.4 Å². The van der Waals surface area contributed by atoms with Gasteiger partial charge in [0.25, 0.3) is 11.8 Å². The lowest BCUT2D eigenvalue weighted by molar-refractivity contribution is -0.136. The first-order valence-electron chi connectivity index (χ1n) is 13.7. The predicted octanol–water partition coefficient (Wildman–Crippen LogP) is 2.92. The van der Waals surface area contributed by atoms with E-state index >= 15 is 0 Å². The molecule has 2 aromatic carbocycles. The normalized spacial score (nSPS) is 20.8. The maximum atomic E-state index is 13.3. The number of rotatable bonds is 6. The van der Waals surface area contributed by atoms with Gasteiger partial charge in [0.1, 0.15) is 6.04 Å². The number of nitrogens with zero attached hydrogens (tertiary/aromatic N) is 3. The molecule has 3 aliphatic heterocycles. The van der Waals surface area contributed by atoms with Crippen LogP contribution in [0.4, 0.5) is 5.69 Å². The average Bonchev–Trinajstić information content (AvgIpc) is 3.14. The number of nitrogens with one attached hydrogen (secondary N) is 2. The summed E-state index contributed by atoms with van der Waals surface area (Å²) in [4.78, 5) is 56.4. The first-order valence-corrected chi connectivity index (χ1v) is 13.7. The van der Waals surface area contributed by atoms with Crippen LogP contribution in [-0.4, -0.2) is 76.1 Å². The van der Waals surface area contributed by atoms with Gasteiger partial charge in [-0.15, -0.1) is 0 Å². The zero-order valence-electron chi connectivity index (χ0n) is 23.2. The van der Waals surface area contributed by atoms with E-state index in [2.05, 4.69) is 66.3 Å². The summed E-state index contributed by atoms with van der Waals surface area (Å²) in [5.74, 6) is -2.01. The molecule has 39 heavy (non-hydrogen) atoms. The van der Waals surface area contributed by atoms with E-state index < -0.39 is 23.8 Å². The fourth-order valence-corrected chi connectivity index (χ4v) is 5.72. The number of amides is 4. The third-order valence-electron chi connectivity index (χ3n) is 8.07. The van der Waals surface area contributed by atoms with Gasteiger partial charge >= 0.3 is 0 Å². The first kappa shape index (κ1) is 27.0. The second-order valence-corrected chi connectivity index (χ2v) is 11.7. The van der Waals surface area contributed by atoms with Crippen LogP contribution < -0.4 is 10.6 Å². The van der Waals surface area contributed by atoms with Gasteiger partial charge in [0, 0.05) is 56.9 Å². The van der Waals surface area contributed by atoms with Crippen molar-refractivity contribution in [2.75, 3.05) is 31.5 Å². The van der Waals surface area contributed by atoms with Crippen LogP contribution >= 0.6 is 0 Å². The second kappa shape index (κ2) is 10.5. The van der Waals surface area contributed by atoms with Crippen LogP contribution in [0, 0.1) is 6.92 Å². The molecule has 4 amide bonds. The Morgan fingerprint density at radius 3 is 2.38 bits per heavy atom. The highest BCUT2D eigenvalue weighted by Gasteiger charge is 2.45. The van der Waals surface area contributed by atoms with Crippen molar-refractivity contribution in [2.24, 2.45) is 0 Å². The van der Waals surface area contributed by atoms with Crippen molar-refractivity contribution in [2.45, 2.75) is 65.2 Å². The van der Waals surface area contributed by atoms with Gasteiger partial charge in [-0.25, -0.2) is 0 Å². The van der Waals surface area contributed by atoms with E-state index in [1.807, 2.05) is 0 Å². The summed E-state index contributed by atoms with van der Waals surface area (Å²) < 4.78 is 0. The Labute approximate surface area is 229 Å². The van der Waals surface area contributed by atoms with E-state index in [9.17, 15) is 19.2 Å². The quantitative estimate of drug-likeness (QED) is 0.553. The number of piperidine rings is 1. The highest BCUT2D eigenvalue weighted by atomic mass is 16.2. The number of piperazine rings is 1. The predicted molar refractivity (Wildman–Crippen MR) is 148 cm³/mol. The molecule has 0 spiro atoms. The Morgan fingerprint density at radius 2 is 1.72 bits per heavy atom. The Bertz CT molecular complexity index is 1320. The third-order valence-corrected chi connectivity index (χ3v) is 8.07. The lowest BCUT2D eigenvalue weighted by Gasteiger charge is -2.42. The summed E-state index contributed by atoms with van der Waals surface area (Å²) in [6, 6.07) is 10.6. The molecule has 3 aliphatic rings. The van der Waals surface area contributed by atoms with Gasteiger partial charge in [-0.2, -0.15) is 0 Å². The molecule has 2 fully saturated rings. The maximum Gasteiger partial charge on any atom is 0.264 e. The number of carbonyl (C=O) groups is 4. The van der Waals surface area contributed by atoms with Crippen molar-refractivity contribution in [3.05, 3.63) is 64.2 Å². The number of hydrogen-bond donors (Lipinski definition) is 2. The zero-order chi connectivity index (χ0) is 27.9. The van der Waals surface area contributed by atoms with Crippen LogP contribution in [0.2, 0.25) is 0 Å². The van der Waals surface area contributed by atoms with E-state index in [0.717, 1.165) is 43.2 Å². The summed E-state index contributed by atoms with van der Waals surface area (Å²) in [6.45, 7) is 14.6. The molecule has 0 bridgehead atoms. The van der Waals surface area contributed by atoms with Gasteiger partial charge in [0.15, 0.2) is 0 Å². The molecule has 1 unspecified atom stereocenters. The van der Waals surface area contributed by atoms with Crippen LogP contribution in [0.3, 0.4) is 0 Å². The SMILES string of the molecule is Cc1cc(CNc2cccc3c2C(=O)N(C2CCC(=O)NC2=O)C3=O)ccc1CN1CCN(C(C)(C)C)CC1. The third kappa shape index (κ3) is 5.46.